The van der Waals surface area contributed by atoms with Gasteiger partial charge in [-0.05, 0) is 164 Å². The number of ether oxygens (including phenoxy) is 2. The first kappa shape index (κ1) is 41.8. The van der Waals surface area contributed by atoms with Crippen LogP contribution in [0.4, 0.5) is 34.1 Å². The molecule has 0 aromatic heterocycles. The van der Waals surface area contributed by atoms with Crippen molar-refractivity contribution in [2.45, 2.75) is 0 Å². The van der Waals surface area contributed by atoms with Crippen molar-refractivity contribution >= 4 is 102 Å². The standard InChI is InChI=1S/C64H48N2O2/c1-67-59-37-33-57(34-38-59)65(63-15-7-11-49-9-3-5-13-61(49)63)55-29-23-45(24-30-55)17-19-47-21-27-51-44-54-42-48(22-28-52(54)43-53(51)41-47)20-18-46-25-31-56(32-26-46)66(58-35-39-60(68-2)40-36-58)64-16-8-12-50-10-4-6-14-62(50)64/h3-44H,1-2H3/b19-17+,20-18+. The third kappa shape index (κ3) is 8.55. The molecule has 0 aliphatic carbocycles. The maximum atomic E-state index is 5.48. The minimum Gasteiger partial charge on any atom is -0.497 e. The smallest absolute Gasteiger partial charge is 0.119 e. The van der Waals surface area contributed by atoms with Crippen molar-refractivity contribution in [3.63, 3.8) is 0 Å². The van der Waals surface area contributed by atoms with Crippen molar-refractivity contribution in [2.24, 2.45) is 0 Å². The maximum absolute atomic E-state index is 5.48. The molecule has 0 amide bonds. The second kappa shape index (κ2) is 18.6. The van der Waals surface area contributed by atoms with Gasteiger partial charge in [-0.2, -0.15) is 0 Å². The monoisotopic (exact) mass is 876 g/mol. The Hall–Kier alpha value is -8.86. The molecule has 0 radical (unpaired) electrons. The van der Waals surface area contributed by atoms with Crippen molar-refractivity contribution in [3.05, 3.63) is 253 Å². The van der Waals surface area contributed by atoms with Gasteiger partial charge in [0.25, 0.3) is 0 Å². The minimum absolute atomic E-state index is 0.832. The van der Waals surface area contributed by atoms with E-state index in [0.717, 1.165) is 67.9 Å². The van der Waals surface area contributed by atoms with Gasteiger partial charge in [0.2, 0.25) is 0 Å². The molecular formula is C64H48N2O2. The lowest BCUT2D eigenvalue weighted by Crippen LogP contribution is -2.10. The zero-order valence-corrected chi connectivity index (χ0v) is 38.0. The zero-order valence-electron chi connectivity index (χ0n) is 38.0. The molecule has 11 aromatic rings. The normalized spacial score (nSPS) is 11.6. The van der Waals surface area contributed by atoms with Gasteiger partial charge in [0.1, 0.15) is 11.5 Å². The summed E-state index contributed by atoms with van der Waals surface area (Å²) in [6.45, 7) is 0. The summed E-state index contributed by atoms with van der Waals surface area (Å²) in [5.74, 6) is 1.66. The molecule has 0 atom stereocenters. The Morgan fingerprint density at radius 2 is 0.618 bits per heavy atom. The van der Waals surface area contributed by atoms with Crippen LogP contribution < -0.4 is 19.3 Å². The summed E-state index contributed by atoms with van der Waals surface area (Å²) in [5.41, 5.74) is 11.1. The zero-order chi connectivity index (χ0) is 45.8. The summed E-state index contributed by atoms with van der Waals surface area (Å²) in [4.78, 5) is 4.63. The van der Waals surface area contributed by atoms with Crippen LogP contribution in [0.1, 0.15) is 22.3 Å². The van der Waals surface area contributed by atoms with Gasteiger partial charge in [0, 0.05) is 33.5 Å². The third-order valence-electron chi connectivity index (χ3n) is 12.8. The summed E-state index contributed by atoms with van der Waals surface area (Å²) in [7, 11) is 3.40. The Bertz CT molecular complexity index is 3380. The van der Waals surface area contributed by atoms with E-state index in [9.17, 15) is 0 Å². The molecule has 0 saturated heterocycles. The minimum atomic E-state index is 0.832. The summed E-state index contributed by atoms with van der Waals surface area (Å²) in [6.07, 6.45) is 8.78. The quantitative estimate of drug-likeness (QED) is 0.0902. The van der Waals surface area contributed by atoms with Crippen molar-refractivity contribution in [1.82, 2.24) is 0 Å². The van der Waals surface area contributed by atoms with E-state index in [0.29, 0.717) is 0 Å². The molecule has 0 aliphatic rings. The average molecular weight is 877 g/mol. The first-order valence-corrected chi connectivity index (χ1v) is 22.9. The molecule has 326 valence electrons. The number of methoxy groups -OCH3 is 2. The number of hydrogen-bond acceptors (Lipinski definition) is 4. The topological polar surface area (TPSA) is 24.9 Å². The van der Waals surface area contributed by atoms with E-state index < -0.39 is 0 Å². The third-order valence-corrected chi connectivity index (χ3v) is 12.8. The number of benzene rings is 11. The summed E-state index contributed by atoms with van der Waals surface area (Å²) >= 11 is 0. The van der Waals surface area contributed by atoms with Crippen LogP contribution in [0, 0.1) is 0 Å². The van der Waals surface area contributed by atoms with E-state index in [1.807, 2.05) is 24.3 Å². The van der Waals surface area contributed by atoms with Crippen molar-refractivity contribution in [2.75, 3.05) is 24.0 Å². The van der Waals surface area contributed by atoms with Crippen LogP contribution >= 0.6 is 0 Å². The molecule has 0 N–H and O–H groups in total. The van der Waals surface area contributed by atoms with Crippen LogP contribution in [0.3, 0.4) is 0 Å². The van der Waals surface area contributed by atoms with Gasteiger partial charge in [-0.25, -0.2) is 0 Å². The lowest BCUT2D eigenvalue weighted by atomic mass is 9.99. The molecule has 0 aliphatic heterocycles. The number of nitrogens with zero attached hydrogens (tertiary/aromatic N) is 2. The molecule has 68 heavy (non-hydrogen) atoms. The molecule has 0 fully saturated rings. The van der Waals surface area contributed by atoms with Crippen molar-refractivity contribution < 1.29 is 9.47 Å². The molecular weight excluding hydrogens is 829 g/mol. The second-order valence-electron chi connectivity index (χ2n) is 17.0. The van der Waals surface area contributed by atoms with Crippen LogP contribution in [0.25, 0.3) is 67.4 Å². The van der Waals surface area contributed by atoms with E-state index >= 15 is 0 Å². The fraction of sp³-hybridized carbons (Fsp3) is 0.0312. The van der Waals surface area contributed by atoms with Crippen LogP contribution in [0.5, 0.6) is 11.5 Å². The van der Waals surface area contributed by atoms with Gasteiger partial charge in [-0.3, -0.25) is 0 Å². The molecule has 11 rings (SSSR count). The number of fused-ring (bicyclic) bond motifs is 4. The first-order valence-electron chi connectivity index (χ1n) is 22.9. The highest BCUT2D eigenvalue weighted by molar-refractivity contribution is 6.02. The van der Waals surface area contributed by atoms with Crippen molar-refractivity contribution in [3.8, 4) is 11.5 Å². The van der Waals surface area contributed by atoms with E-state index in [1.54, 1.807) is 14.2 Å². The van der Waals surface area contributed by atoms with Gasteiger partial charge >= 0.3 is 0 Å². The molecule has 0 unspecified atom stereocenters. The van der Waals surface area contributed by atoms with Crippen LogP contribution in [0.15, 0.2) is 231 Å². The molecule has 0 bridgehead atoms. The number of anilines is 6. The molecule has 4 nitrogen and oxygen atoms in total. The van der Waals surface area contributed by atoms with Crippen LogP contribution in [-0.2, 0) is 0 Å². The molecule has 0 saturated carbocycles. The van der Waals surface area contributed by atoms with Gasteiger partial charge in [0.05, 0.1) is 25.6 Å². The van der Waals surface area contributed by atoms with Gasteiger partial charge in [0.15, 0.2) is 0 Å². The van der Waals surface area contributed by atoms with Gasteiger partial charge in [-0.1, -0.05) is 146 Å². The van der Waals surface area contributed by atoms with Gasteiger partial charge < -0.3 is 19.3 Å². The summed E-state index contributed by atoms with van der Waals surface area (Å²) in [6, 6.07) is 82.1. The van der Waals surface area contributed by atoms with Crippen LogP contribution in [0.2, 0.25) is 0 Å². The first-order chi connectivity index (χ1) is 33.6. The lowest BCUT2D eigenvalue weighted by molar-refractivity contribution is 0.414. The van der Waals surface area contributed by atoms with E-state index in [-0.39, 0.29) is 0 Å². The SMILES string of the molecule is COc1ccc(N(c2ccc(/C=C/c3ccc4cc5cc(/C=C/c6ccc(N(c7ccc(OC)cc7)c7cccc8ccccc78)cc6)ccc5cc4c3)cc2)c2cccc3ccccc23)cc1. The average Bonchev–Trinajstić information content (AvgIpc) is 3.40. The highest BCUT2D eigenvalue weighted by atomic mass is 16.5. The Kier molecular flexibility index (Phi) is 11.4. The predicted octanol–water partition coefficient (Wildman–Crippen LogP) is 17.6. The number of rotatable bonds is 12. The fourth-order valence-electron chi connectivity index (χ4n) is 9.22. The maximum Gasteiger partial charge on any atom is 0.119 e. The Labute approximate surface area is 397 Å². The van der Waals surface area contributed by atoms with E-state index in [1.165, 1.54) is 43.1 Å². The lowest BCUT2D eigenvalue weighted by Gasteiger charge is -2.27. The Morgan fingerprint density at radius 3 is 1.01 bits per heavy atom. The summed E-state index contributed by atoms with van der Waals surface area (Å²) in [5, 5.41) is 9.67. The summed E-state index contributed by atoms with van der Waals surface area (Å²) < 4.78 is 11.0. The largest absolute Gasteiger partial charge is 0.497 e. The van der Waals surface area contributed by atoms with E-state index in [4.69, 9.17) is 9.47 Å². The van der Waals surface area contributed by atoms with Crippen LogP contribution in [-0.4, -0.2) is 14.2 Å². The highest BCUT2D eigenvalue weighted by Gasteiger charge is 2.17. The predicted molar refractivity (Wildman–Crippen MR) is 290 cm³/mol. The Morgan fingerprint density at radius 1 is 0.279 bits per heavy atom. The second-order valence-corrected chi connectivity index (χ2v) is 17.0. The molecule has 11 aromatic carbocycles. The molecule has 4 heteroatoms. The molecule has 0 spiro atoms. The van der Waals surface area contributed by atoms with E-state index in [2.05, 4.69) is 240 Å². The number of hydrogen-bond donors (Lipinski definition) is 0. The molecule has 0 heterocycles. The Balaban J connectivity index is 0.811. The van der Waals surface area contributed by atoms with Gasteiger partial charge in [-0.15, -0.1) is 0 Å². The fourth-order valence-corrected chi connectivity index (χ4v) is 9.22. The highest BCUT2D eigenvalue weighted by Crippen LogP contribution is 2.41. The van der Waals surface area contributed by atoms with Crippen molar-refractivity contribution in [1.29, 1.82) is 0 Å².